The molecule has 320 valence electrons. The number of aliphatic imine (C=N–C) groups is 2. The van der Waals surface area contributed by atoms with Gasteiger partial charge in [-0.25, -0.2) is 52.5 Å². The van der Waals surface area contributed by atoms with Crippen LogP contribution in [-0.2, 0) is 62.4 Å². The predicted molar refractivity (Wildman–Crippen MR) is 206 cm³/mol. The topological polar surface area (TPSA) is 219 Å². The van der Waals surface area contributed by atoms with E-state index in [1.54, 1.807) is 7.11 Å². The normalized spacial score (nSPS) is 10.9. The van der Waals surface area contributed by atoms with Crippen LogP contribution in [0.4, 0.5) is 4.79 Å². The van der Waals surface area contributed by atoms with E-state index in [1.165, 1.54) is 12.2 Å². The largest absolute Gasteiger partial charge is 0.447 e. The molecule has 1 amide bonds. The number of unbranched alkanes of at least 4 members (excludes halogenated alkanes) is 9. The Morgan fingerprint density at radius 1 is 0.500 bits per heavy atom. The average Bonchev–Trinajstić information content (AvgIpc) is 3.19. The van der Waals surface area contributed by atoms with Gasteiger partial charge in [-0.1, -0.05) is 38.5 Å². The van der Waals surface area contributed by atoms with E-state index in [2.05, 4.69) is 15.3 Å². The van der Waals surface area contributed by atoms with E-state index in [9.17, 15) is 28.8 Å². The maximum atomic E-state index is 13.3. The number of isocyanates is 2. The Kier molecular flexibility index (Phi) is 33.0. The van der Waals surface area contributed by atoms with Gasteiger partial charge >= 0.3 is 23.2 Å². The molecule has 0 saturated carbocycles. The van der Waals surface area contributed by atoms with E-state index in [4.69, 9.17) is 33.2 Å². The first-order chi connectivity index (χ1) is 27.5. The fourth-order valence-corrected chi connectivity index (χ4v) is 5.28. The van der Waals surface area contributed by atoms with Gasteiger partial charge in [0, 0.05) is 33.3 Å². The van der Waals surface area contributed by atoms with Crippen molar-refractivity contribution in [3.8, 4) is 0 Å². The Morgan fingerprint density at radius 2 is 0.839 bits per heavy atom. The number of hydrogen-bond acceptors (Lipinski definition) is 15. The second-order valence-corrected chi connectivity index (χ2v) is 12.6. The molecule has 0 fully saturated rings. The van der Waals surface area contributed by atoms with Crippen LogP contribution in [-0.4, -0.2) is 138 Å². The number of nitrogens with one attached hydrogen (secondary N) is 1. The number of amides is 1. The second kappa shape index (κ2) is 36.8. The molecule has 0 aliphatic carbocycles. The molecule has 0 spiro atoms. The van der Waals surface area contributed by atoms with Crippen LogP contribution in [0.25, 0.3) is 0 Å². The van der Waals surface area contributed by atoms with E-state index in [0.717, 1.165) is 45.8 Å². The van der Waals surface area contributed by atoms with Crippen molar-refractivity contribution < 1.29 is 47.5 Å². The summed E-state index contributed by atoms with van der Waals surface area (Å²) in [5.41, 5.74) is -1.85. The standard InChI is InChI=1S/C37H64N6O13/c1-50-20-21-51-22-23-52-24-25-53-26-27-54-28-29-55-30-31-56-34(46)40-16-10-4-7-13-19-43-36(48)41(17-11-5-2-8-14-38-32-44)35(47)42(37(43)49)18-12-6-3-9-15-39-33-45/h2-31H2,1H3,(H,40,46). The summed E-state index contributed by atoms with van der Waals surface area (Å²) in [6, 6.07) is 0. The first-order valence-corrected chi connectivity index (χ1v) is 19.8. The highest BCUT2D eigenvalue weighted by atomic mass is 16.6. The van der Waals surface area contributed by atoms with E-state index < -0.39 is 23.2 Å². The third-order valence-corrected chi connectivity index (χ3v) is 8.28. The molecule has 1 aromatic rings. The minimum atomic E-state index is -0.617. The van der Waals surface area contributed by atoms with Gasteiger partial charge in [-0.3, -0.25) is 0 Å². The van der Waals surface area contributed by atoms with Gasteiger partial charge < -0.3 is 38.5 Å². The molecule has 0 unspecified atom stereocenters. The summed E-state index contributed by atoms with van der Waals surface area (Å²) in [5, 5.41) is 2.70. The predicted octanol–water partition coefficient (Wildman–Crippen LogP) is 1.98. The summed E-state index contributed by atoms with van der Waals surface area (Å²) < 4.78 is 40.4. The molecule has 56 heavy (non-hydrogen) atoms. The minimum absolute atomic E-state index is 0.105. The van der Waals surface area contributed by atoms with Gasteiger partial charge in [-0.15, -0.1) is 0 Å². The average molecular weight is 801 g/mol. The zero-order chi connectivity index (χ0) is 40.7. The minimum Gasteiger partial charge on any atom is -0.447 e. The number of hydrogen-bond donors (Lipinski definition) is 1. The van der Waals surface area contributed by atoms with Crippen LogP contribution in [0, 0.1) is 0 Å². The van der Waals surface area contributed by atoms with Crippen molar-refractivity contribution in [1.82, 2.24) is 19.0 Å². The summed E-state index contributed by atoms with van der Waals surface area (Å²) >= 11 is 0. The van der Waals surface area contributed by atoms with Crippen LogP contribution in [0.3, 0.4) is 0 Å². The molecule has 0 aliphatic heterocycles. The lowest BCUT2D eigenvalue weighted by Gasteiger charge is -2.14. The van der Waals surface area contributed by atoms with Gasteiger partial charge in [0.05, 0.1) is 85.8 Å². The van der Waals surface area contributed by atoms with Crippen LogP contribution < -0.4 is 22.4 Å². The molecule has 19 nitrogen and oxygen atoms in total. The fraction of sp³-hybridized carbons (Fsp3) is 0.838. The molecule has 0 saturated heterocycles. The maximum absolute atomic E-state index is 13.3. The lowest BCUT2D eigenvalue weighted by Crippen LogP contribution is -2.54. The number of ether oxygens (including phenoxy) is 7. The van der Waals surface area contributed by atoms with Gasteiger partial charge in [0.25, 0.3) is 0 Å². The number of carbonyl (C=O) groups excluding carboxylic acids is 3. The summed E-state index contributed by atoms with van der Waals surface area (Å²) in [6.07, 6.45) is 10.7. The SMILES string of the molecule is COCCOCCOCCOCCOCCOCCOC(=O)NCCCCCCn1c(=O)n(CCCCCCN=C=O)c(=O)n(CCCCCCN=C=O)c1=O. The van der Waals surface area contributed by atoms with E-state index >= 15 is 0 Å². The van der Waals surface area contributed by atoms with Crippen LogP contribution in [0.1, 0.15) is 77.0 Å². The molecule has 1 heterocycles. The molecule has 0 aromatic carbocycles. The molecule has 1 rings (SSSR count). The summed E-state index contributed by atoms with van der Waals surface area (Å²) in [6.45, 7) is 6.79. The second-order valence-electron chi connectivity index (χ2n) is 12.6. The molecule has 1 aromatic heterocycles. The van der Waals surface area contributed by atoms with Crippen molar-refractivity contribution in [2.24, 2.45) is 9.98 Å². The summed E-state index contributed by atoms with van der Waals surface area (Å²) in [7, 11) is 1.63. The van der Waals surface area contributed by atoms with Crippen molar-refractivity contribution >= 4 is 18.3 Å². The number of alkyl carbamates (subject to hydrolysis) is 1. The lowest BCUT2D eigenvalue weighted by atomic mass is 10.2. The highest BCUT2D eigenvalue weighted by molar-refractivity contribution is 5.66. The molecular weight excluding hydrogens is 736 g/mol. The Labute approximate surface area is 328 Å². The van der Waals surface area contributed by atoms with Crippen molar-refractivity contribution in [3.05, 3.63) is 31.5 Å². The van der Waals surface area contributed by atoms with Crippen LogP contribution in [0.5, 0.6) is 0 Å². The van der Waals surface area contributed by atoms with E-state index in [-0.39, 0.29) is 32.8 Å². The van der Waals surface area contributed by atoms with Crippen molar-refractivity contribution in [3.63, 3.8) is 0 Å². The zero-order valence-corrected chi connectivity index (χ0v) is 33.3. The van der Waals surface area contributed by atoms with Gasteiger partial charge in [-0.2, -0.15) is 0 Å². The Bertz CT molecular complexity index is 1350. The molecule has 1 N–H and O–H groups in total. The molecule has 0 bridgehead atoms. The van der Waals surface area contributed by atoms with Gasteiger partial charge in [0.2, 0.25) is 12.2 Å². The molecule has 19 heteroatoms. The lowest BCUT2D eigenvalue weighted by molar-refractivity contribution is -0.0168. The van der Waals surface area contributed by atoms with Gasteiger partial charge in [-0.05, 0) is 38.5 Å². The molecule has 0 radical (unpaired) electrons. The first-order valence-electron chi connectivity index (χ1n) is 19.8. The number of carbonyl (C=O) groups is 1. The first kappa shape index (κ1) is 50.2. The molecule has 0 atom stereocenters. The Morgan fingerprint density at radius 3 is 1.21 bits per heavy atom. The maximum Gasteiger partial charge on any atom is 0.407 e. The Balaban J connectivity index is 2.28. The van der Waals surface area contributed by atoms with Gasteiger partial charge in [0.15, 0.2) is 0 Å². The molecular formula is C37H64N6O13. The van der Waals surface area contributed by atoms with E-state index in [0.29, 0.717) is 131 Å². The van der Waals surface area contributed by atoms with Gasteiger partial charge in [0.1, 0.15) is 6.61 Å². The van der Waals surface area contributed by atoms with Crippen LogP contribution in [0.2, 0.25) is 0 Å². The summed E-state index contributed by atoms with van der Waals surface area (Å²) in [5.74, 6) is 0. The fourth-order valence-electron chi connectivity index (χ4n) is 5.28. The third kappa shape index (κ3) is 26.1. The monoisotopic (exact) mass is 800 g/mol. The molecule has 0 aliphatic rings. The van der Waals surface area contributed by atoms with Crippen LogP contribution in [0.15, 0.2) is 24.4 Å². The van der Waals surface area contributed by atoms with Crippen molar-refractivity contribution in [1.29, 1.82) is 0 Å². The zero-order valence-electron chi connectivity index (χ0n) is 33.3. The van der Waals surface area contributed by atoms with E-state index in [1.807, 2.05) is 0 Å². The smallest absolute Gasteiger partial charge is 0.407 e. The number of aromatic nitrogens is 3. The number of nitrogens with zero attached hydrogens (tertiary/aromatic N) is 5. The third-order valence-electron chi connectivity index (χ3n) is 8.28. The highest BCUT2D eigenvalue weighted by Crippen LogP contribution is 2.04. The van der Waals surface area contributed by atoms with Crippen molar-refractivity contribution in [2.45, 2.75) is 96.7 Å². The van der Waals surface area contributed by atoms with Crippen molar-refractivity contribution in [2.75, 3.05) is 106 Å². The quantitative estimate of drug-likeness (QED) is 0.0573. The highest BCUT2D eigenvalue weighted by Gasteiger charge is 2.15. The summed E-state index contributed by atoms with van der Waals surface area (Å²) in [4.78, 5) is 79.3. The number of methoxy groups -OCH3 is 1. The number of rotatable bonds is 39. The van der Waals surface area contributed by atoms with Crippen LogP contribution >= 0.6 is 0 Å². The Hall–Kier alpha value is -3.80.